The van der Waals surface area contributed by atoms with Gasteiger partial charge in [-0.05, 0) is 12.8 Å². The fourth-order valence-electron chi connectivity index (χ4n) is 2.06. The van der Waals surface area contributed by atoms with Gasteiger partial charge in [-0.1, -0.05) is 11.7 Å². The fraction of sp³-hybridized carbons (Fsp3) is 0.500. The van der Waals surface area contributed by atoms with Gasteiger partial charge in [-0.15, -0.1) is 0 Å². The second-order valence-electron chi connectivity index (χ2n) is 5.09. The van der Waals surface area contributed by atoms with Crippen LogP contribution in [0, 0.1) is 0 Å². The van der Waals surface area contributed by atoms with E-state index in [2.05, 4.69) is 17.1 Å². The van der Waals surface area contributed by atoms with Gasteiger partial charge in [-0.2, -0.15) is 4.31 Å². The van der Waals surface area contributed by atoms with Crippen molar-refractivity contribution in [3.05, 3.63) is 29.5 Å². The van der Waals surface area contributed by atoms with Gasteiger partial charge in [-0.25, -0.2) is 8.42 Å². The Bertz CT molecular complexity index is 641. The van der Waals surface area contributed by atoms with E-state index in [1.54, 1.807) is 6.07 Å². The van der Waals surface area contributed by atoms with E-state index in [1.807, 2.05) is 0 Å². The Morgan fingerprint density at radius 2 is 2.20 bits per heavy atom. The number of carbonyl (C=O) groups is 1. The summed E-state index contributed by atoms with van der Waals surface area (Å²) < 4.78 is 29.2. The highest BCUT2D eigenvalue weighted by Gasteiger charge is 2.36. The first-order valence-electron chi connectivity index (χ1n) is 6.39. The molecule has 108 valence electrons. The molecule has 1 N–H and O–H groups in total. The highest BCUT2D eigenvalue weighted by Crippen LogP contribution is 2.40. The molecule has 1 amide bonds. The molecular formula is C12H15N3O4S. The molecule has 20 heavy (non-hydrogen) atoms. The molecule has 0 spiro atoms. The maximum atomic E-state index is 11.9. The van der Waals surface area contributed by atoms with E-state index in [4.69, 9.17) is 4.52 Å². The molecule has 2 aliphatic rings. The number of rotatable bonds is 5. The zero-order chi connectivity index (χ0) is 14.3. The smallest absolute Gasteiger partial charge is 0.273 e. The van der Waals surface area contributed by atoms with Crippen molar-refractivity contribution in [2.45, 2.75) is 24.8 Å². The van der Waals surface area contributed by atoms with Crippen molar-refractivity contribution >= 4 is 15.9 Å². The maximum Gasteiger partial charge on any atom is 0.273 e. The molecule has 0 aromatic carbocycles. The van der Waals surface area contributed by atoms with Gasteiger partial charge in [0, 0.05) is 30.5 Å². The van der Waals surface area contributed by atoms with Gasteiger partial charge in [-0.3, -0.25) is 4.79 Å². The van der Waals surface area contributed by atoms with Gasteiger partial charge in [0.05, 0.1) is 6.04 Å². The van der Waals surface area contributed by atoms with Gasteiger partial charge >= 0.3 is 0 Å². The molecule has 7 nitrogen and oxygen atoms in total. The summed E-state index contributed by atoms with van der Waals surface area (Å²) in [6.45, 7) is 3.77. The molecular weight excluding hydrogens is 282 g/mol. The average Bonchev–Trinajstić information content (AvgIpc) is 3.10. The Morgan fingerprint density at radius 3 is 2.80 bits per heavy atom. The van der Waals surface area contributed by atoms with E-state index >= 15 is 0 Å². The van der Waals surface area contributed by atoms with Crippen LogP contribution in [0.2, 0.25) is 0 Å². The highest BCUT2D eigenvalue weighted by atomic mass is 32.2. The minimum atomic E-state index is -3.38. The molecule has 1 aromatic heterocycles. The van der Waals surface area contributed by atoms with Crippen LogP contribution in [0.15, 0.2) is 22.6 Å². The van der Waals surface area contributed by atoms with Gasteiger partial charge in [0.15, 0.2) is 5.69 Å². The Kier molecular flexibility index (Phi) is 3.14. The zero-order valence-electron chi connectivity index (χ0n) is 10.8. The van der Waals surface area contributed by atoms with Crippen molar-refractivity contribution in [2.24, 2.45) is 0 Å². The van der Waals surface area contributed by atoms with Crippen LogP contribution in [-0.4, -0.2) is 42.9 Å². The fourth-order valence-corrected chi connectivity index (χ4v) is 3.04. The van der Waals surface area contributed by atoms with E-state index in [0.29, 0.717) is 5.92 Å². The lowest BCUT2D eigenvalue weighted by Crippen LogP contribution is -2.60. The summed E-state index contributed by atoms with van der Waals surface area (Å²) in [4.78, 5) is 11.9. The van der Waals surface area contributed by atoms with Crippen molar-refractivity contribution in [1.82, 2.24) is 14.8 Å². The van der Waals surface area contributed by atoms with Crippen molar-refractivity contribution in [3.63, 3.8) is 0 Å². The van der Waals surface area contributed by atoms with Crippen molar-refractivity contribution in [3.8, 4) is 0 Å². The topological polar surface area (TPSA) is 92.5 Å². The number of carbonyl (C=O) groups excluding carboxylic acids is 1. The van der Waals surface area contributed by atoms with Crippen molar-refractivity contribution < 1.29 is 17.7 Å². The second kappa shape index (κ2) is 4.71. The first kappa shape index (κ1) is 13.3. The molecule has 0 bridgehead atoms. The lowest BCUT2D eigenvalue weighted by molar-refractivity contribution is 0.0887. The van der Waals surface area contributed by atoms with E-state index in [0.717, 1.165) is 24.0 Å². The van der Waals surface area contributed by atoms with E-state index < -0.39 is 10.0 Å². The Labute approximate surface area is 116 Å². The monoisotopic (exact) mass is 297 g/mol. The lowest BCUT2D eigenvalue weighted by Gasteiger charge is -2.37. The maximum absolute atomic E-state index is 11.9. The highest BCUT2D eigenvalue weighted by molar-refractivity contribution is 7.92. The normalized spacial score (nSPS) is 20.4. The Balaban J connectivity index is 1.54. The summed E-state index contributed by atoms with van der Waals surface area (Å²) in [5, 5.41) is 7.37. The van der Waals surface area contributed by atoms with Crippen LogP contribution in [0.1, 0.15) is 35.0 Å². The number of hydrogen-bond acceptors (Lipinski definition) is 5. The van der Waals surface area contributed by atoms with Gasteiger partial charge < -0.3 is 9.84 Å². The van der Waals surface area contributed by atoms with E-state index in [9.17, 15) is 13.2 Å². The predicted molar refractivity (Wildman–Crippen MR) is 70.4 cm³/mol. The molecule has 2 heterocycles. The third-order valence-corrected chi connectivity index (χ3v) is 4.93. The van der Waals surface area contributed by atoms with E-state index in [1.165, 1.54) is 4.31 Å². The Hall–Kier alpha value is -1.67. The minimum absolute atomic E-state index is 0.196. The average molecular weight is 297 g/mol. The van der Waals surface area contributed by atoms with Crippen molar-refractivity contribution in [2.75, 3.05) is 13.1 Å². The zero-order valence-corrected chi connectivity index (χ0v) is 11.6. The van der Waals surface area contributed by atoms with Crippen LogP contribution in [0.4, 0.5) is 0 Å². The van der Waals surface area contributed by atoms with E-state index in [-0.39, 0.29) is 30.7 Å². The van der Waals surface area contributed by atoms with Gasteiger partial charge in [0.1, 0.15) is 5.76 Å². The summed E-state index contributed by atoms with van der Waals surface area (Å²) in [6, 6.07) is 1.46. The molecule has 3 rings (SSSR count). The second-order valence-corrected chi connectivity index (χ2v) is 6.97. The van der Waals surface area contributed by atoms with Crippen LogP contribution in [-0.2, 0) is 10.0 Å². The van der Waals surface area contributed by atoms with Crippen molar-refractivity contribution in [1.29, 1.82) is 0 Å². The third-order valence-electron chi connectivity index (χ3n) is 3.49. The molecule has 1 saturated heterocycles. The van der Waals surface area contributed by atoms with Crippen LogP contribution in [0.5, 0.6) is 0 Å². The lowest BCUT2D eigenvalue weighted by atomic mass is 10.1. The molecule has 1 saturated carbocycles. The SMILES string of the molecule is C=CS(=O)(=O)N1CC(NC(=O)c2cc(C3CC3)on2)C1. The van der Waals surface area contributed by atoms with Crippen LogP contribution < -0.4 is 5.32 Å². The number of amides is 1. The predicted octanol–water partition coefficient (Wildman–Crippen LogP) is 0.439. The van der Waals surface area contributed by atoms with Gasteiger partial charge in [0.2, 0.25) is 10.0 Å². The van der Waals surface area contributed by atoms with Crippen LogP contribution in [0.3, 0.4) is 0 Å². The molecule has 8 heteroatoms. The molecule has 1 aliphatic carbocycles. The summed E-state index contributed by atoms with van der Waals surface area (Å²) in [6.07, 6.45) is 2.15. The standard InChI is InChI=1S/C12H15N3O4S/c1-2-20(17,18)15-6-9(7-15)13-12(16)10-5-11(19-14-10)8-3-4-8/h2,5,8-9H,1,3-4,6-7H2,(H,13,16). The van der Waals surface area contributed by atoms with Crippen LogP contribution >= 0.6 is 0 Å². The molecule has 0 atom stereocenters. The quantitative estimate of drug-likeness (QED) is 0.851. The third kappa shape index (κ3) is 2.48. The Morgan fingerprint density at radius 1 is 1.50 bits per heavy atom. The number of sulfonamides is 1. The molecule has 0 radical (unpaired) electrons. The molecule has 0 unspecified atom stereocenters. The van der Waals surface area contributed by atoms with Crippen LogP contribution in [0.25, 0.3) is 0 Å². The molecule has 2 fully saturated rings. The number of nitrogens with zero attached hydrogens (tertiary/aromatic N) is 2. The summed E-state index contributed by atoms with van der Waals surface area (Å²) >= 11 is 0. The largest absolute Gasteiger partial charge is 0.360 e. The first-order valence-corrected chi connectivity index (χ1v) is 7.90. The number of nitrogens with one attached hydrogen (secondary N) is 1. The first-order chi connectivity index (χ1) is 9.49. The molecule has 1 aromatic rings. The summed E-state index contributed by atoms with van der Waals surface area (Å²) in [5.74, 6) is 0.821. The van der Waals surface area contributed by atoms with Gasteiger partial charge in [0.25, 0.3) is 5.91 Å². The summed E-state index contributed by atoms with van der Waals surface area (Å²) in [5.41, 5.74) is 0.247. The number of aromatic nitrogens is 1. The molecule has 1 aliphatic heterocycles. The number of hydrogen-bond donors (Lipinski definition) is 1. The minimum Gasteiger partial charge on any atom is -0.360 e. The summed E-state index contributed by atoms with van der Waals surface area (Å²) in [7, 11) is -3.38.